The molecule has 0 saturated carbocycles. The molecule has 150 valence electrons. The normalized spacial score (nSPS) is 11.6. The van der Waals surface area contributed by atoms with Crippen molar-refractivity contribution in [2.24, 2.45) is 0 Å². The minimum atomic E-state index is -0.553. The Hall–Kier alpha value is -3.75. The van der Waals surface area contributed by atoms with Crippen LogP contribution in [0.25, 0.3) is 0 Å². The number of aromatic nitrogens is 3. The van der Waals surface area contributed by atoms with Crippen molar-refractivity contribution in [2.75, 3.05) is 17.2 Å². The third kappa shape index (κ3) is 5.38. The summed E-state index contributed by atoms with van der Waals surface area (Å²) in [6.07, 6.45) is 2.23. The van der Waals surface area contributed by atoms with Crippen LogP contribution in [0.4, 0.5) is 17.2 Å². The van der Waals surface area contributed by atoms with Gasteiger partial charge < -0.3 is 10.6 Å². The van der Waals surface area contributed by atoms with Gasteiger partial charge in [-0.2, -0.15) is 0 Å². The summed E-state index contributed by atoms with van der Waals surface area (Å²) >= 11 is 0. The molecule has 0 bridgehead atoms. The molecule has 2 N–H and O–H groups in total. The zero-order valence-corrected chi connectivity index (χ0v) is 16.0. The molecule has 1 atom stereocenters. The second kappa shape index (κ2) is 9.45. The number of hydrogen-bond donors (Lipinski definition) is 2. The van der Waals surface area contributed by atoms with Gasteiger partial charge in [-0.15, -0.1) is 5.10 Å². The van der Waals surface area contributed by atoms with E-state index in [9.17, 15) is 14.9 Å². The highest BCUT2D eigenvalue weighted by molar-refractivity contribution is 5.90. The lowest BCUT2D eigenvalue weighted by Gasteiger charge is -2.17. The average Bonchev–Trinajstić information content (AvgIpc) is 3.18. The molecular weight excluding hydrogens is 372 g/mol. The van der Waals surface area contributed by atoms with Crippen molar-refractivity contribution in [1.29, 1.82) is 0 Å². The van der Waals surface area contributed by atoms with E-state index in [1.807, 2.05) is 37.3 Å². The van der Waals surface area contributed by atoms with E-state index in [0.717, 1.165) is 5.56 Å². The van der Waals surface area contributed by atoms with E-state index in [1.54, 1.807) is 29.1 Å². The summed E-state index contributed by atoms with van der Waals surface area (Å²) < 4.78 is 1.69. The molecule has 0 aliphatic heterocycles. The van der Waals surface area contributed by atoms with Gasteiger partial charge in [-0.1, -0.05) is 54.6 Å². The van der Waals surface area contributed by atoms with Crippen molar-refractivity contribution in [1.82, 2.24) is 15.0 Å². The largest absolute Gasteiger partial charge is 0.370 e. The van der Waals surface area contributed by atoms with Crippen LogP contribution < -0.4 is 10.6 Å². The highest BCUT2D eigenvalue weighted by atomic mass is 16.6. The molecule has 0 radical (unpaired) electrons. The Labute approximate surface area is 167 Å². The maximum absolute atomic E-state index is 12.6. The first-order chi connectivity index (χ1) is 14.1. The summed E-state index contributed by atoms with van der Waals surface area (Å²) in [5, 5.41) is 25.2. The van der Waals surface area contributed by atoms with E-state index in [1.165, 1.54) is 6.07 Å². The van der Waals surface area contributed by atoms with E-state index in [2.05, 4.69) is 20.9 Å². The maximum Gasteiger partial charge on any atom is 0.292 e. The smallest absolute Gasteiger partial charge is 0.292 e. The number of para-hydroxylation sites is 2. The Bertz CT molecular complexity index is 973. The predicted octanol–water partition coefficient (Wildman–Crippen LogP) is 3.11. The minimum absolute atomic E-state index is 0.0379. The van der Waals surface area contributed by atoms with Crippen LogP contribution in [0.5, 0.6) is 0 Å². The highest BCUT2D eigenvalue weighted by Crippen LogP contribution is 2.24. The van der Waals surface area contributed by atoms with Gasteiger partial charge in [-0.05, 0) is 18.1 Å². The second-order valence-corrected chi connectivity index (χ2v) is 6.49. The number of nitro benzene ring substituents is 1. The molecule has 0 amide bonds. The summed E-state index contributed by atoms with van der Waals surface area (Å²) in [5.41, 5.74) is 1.36. The highest BCUT2D eigenvalue weighted by Gasteiger charge is 2.20. The van der Waals surface area contributed by atoms with E-state index in [4.69, 9.17) is 0 Å². The molecule has 3 rings (SSSR count). The van der Waals surface area contributed by atoms with Gasteiger partial charge in [0.2, 0.25) is 0 Å². The third-order valence-electron chi connectivity index (χ3n) is 4.40. The molecular formula is C20H22N6O3. The fraction of sp³-hybridized carbons (Fsp3) is 0.250. The first-order valence-corrected chi connectivity index (χ1v) is 9.27. The number of ketones is 1. The molecule has 0 fully saturated rings. The molecule has 9 heteroatoms. The number of anilines is 2. The van der Waals surface area contributed by atoms with Crippen molar-refractivity contribution < 1.29 is 9.72 Å². The summed E-state index contributed by atoms with van der Waals surface area (Å²) in [6.45, 7) is 2.47. The maximum atomic E-state index is 12.6. The van der Waals surface area contributed by atoms with Gasteiger partial charge in [-0.3, -0.25) is 14.9 Å². The number of rotatable bonds is 10. The summed E-state index contributed by atoms with van der Waals surface area (Å²) in [6, 6.07) is 15.6. The summed E-state index contributed by atoms with van der Waals surface area (Å²) in [4.78, 5) is 23.3. The SMILES string of the molecule is CCC(Nc1ccccc1[N+](=O)[O-])C(=O)CNc1cn(Cc2ccccc2)nn1. The molecule has 0 aliphatic carbocycles. The van der Waals surface area contributed by atoms with Gasteiger partial charge in [0.15, 0.2) is 11.6 Å². The quantitative estimate of drug-likeness (QED) is 0.401. The molecule has 9 nitrogen and oxygen atoms in total. The summed E-state index contributed by atoms with van der Waals surface area (Å²) in [5.74, 6) is 0.373. The standard InChI is InChI=1S/C20H22N6O3/c1-2-16(22-17-10-6-7-11-18(17)26(28)29)19(27)12-21-20-14-25(24-23-20)13-15-8-4-3-5-9-15/h3-11,14,16,21-22H,2,12-13H2,1H3. The Morgan fingerprint density at radius 3 is 2.62 bits per heavy atom. The Morgan fingerprint density at radius 1 is 1.17 bits per heavy atom. The van der Waals surface area contributed by atoms with Crippen LogP contribution in [-0.2, 0) is 11.3 Å². The molecule has 3 aromatic rings. The zero-order valence-electron chi connectivity index (χ0n) is 16.0. The van der Waals surface area contributed by atoms with Crippen molar-refractivity contribution in [3.05, 3.63) is 76.5 Å². The Morgan fingerprint density at radius 2 is 1.90 bits per heavy atom. The van der Waals surface area contributed by atoms with Crippen molar-refractivity contribution in [3.8, 4) is 0 Å². The molecule has 1 unspecified atom stereocenters. The average molecular weight is 394 g/mol. The topological polar surface area (TPSA) is 115 Å². The van der Waals surface area contributed by atoms with E-state index < -0.39 is 11.0 Å². The molecule has 0 saturated heterocycles. The fourth-order valence-electron chi connectivity index (χ4n) is 2.88. The number of nitrogens with one attached hydrogen (secondary N) is 2. The Kier molecular flexibility index (Phi) is 6.51. The number of Topliss-reactive ketones (excluding diaryl/α,β-unsaturated/α-hetero) is 1. The van der Waals surface area contributed by atoms with Gasteiger partial charge >= 0.3 is 0 Å². The predicted molar refractivity (Wildman–Crippen MR) is 110 cm³/mol. The van der Waals surface area contributed by atoms with Gasteiger partial charge in [0.05, 0.1) is 30.3 Å². The first-order valence-electron chi connectivity index (χ1n) is 9.27. The van der Waals surface area contributed by atoms with Crippen LogP contribution in [0.15, 0.2) is 60.8 Å². The lowest BCUT2D eigenvalue weighted by Crippen LogP contribution is -2.33. The molecule has 2 aromatic carbocycles. The second-order valence-electron chi connectivity index (χ2n) is 6.49. The van der Waals surface area contributed by atoms with Crippen LogP contribution in [-0.4, -0.2) is 38.3 Å². The molecule has 0 aliphatic rings. The molecule has 1 heterocycles. The molecule has 1 aromatic heterocycles. The number of nitro groups is 1. The van der Waals surface area contributed by atoms with Crippen LogP contribution in [0.2, 0.25) is 0 Å². The van der Waals surface area contributed by atoms with Crippen LogP contribution in [0.3, 0.4) is 0 Å². The Balaban J connectivity index is 1.57. The van der Waals surface area contributed by atoms with Crippen LogP contribution in [0, 0.1) is 10.1 Å². The van der Waals surface area contributed by atoms with Crippen molar-refractivity contribution in [3.63, 3.8) is 0 Å². The third-order valence-corrected chi connectivity index (χ3v) is 4.40. The monoisotopic (exact) mass is 394 g/mol. The number of hydrogen-bond acceptors (Lipinski definition) is 7. The minimum Gasteiger partial charge on any atom is -0.370 e. The molecule has 0 spiro atoms. The number of carbonyl (C=O) groups is 1. The van der Waals surface area contributed by atoms with Gasteiger partial charge in [-0.25, -0.2) is 4.68 Å². The lowest BCUT2D eigenvalue weighted by atomic mass is 10.1. The van der Waals surface area contributed by atoms with Gasteiger partial charge in [0, 0.05) is 6.07 Å². The first kappa shape index (κ1) is 20.0. The van der Waals surface area contributed by atoms with E-state index in [0.29, 0.717) is 24.5 Å². The molecule has 29 heavy (non-hydrogen) atoms. The zero-order chi connectivity index (χ0) is 20.6. The summed E-state index contributed by atoms with van der Waals surface area (Å²) in [7, 11) is 0. The van der Waals surface area contributed by atoms with E-state index in [-0.39, 0.29) is 18.0 Å². The van der Waals surface area contributed by atoms with Crippen LogP contribution in [0.1, 0.15) is 18.9 Å². The number of benzene rings is 2. The van der Waals surface area contributed by atoms with Crippen LogP contribution >= 0.6 is 0 Å². The van der Waals surface area contributed by atoms with Gasteiger partial charge in [0.25, 0.3) is 5.69 Å². The lowest BCUT2D eigenvalue weighted by molar-refractivity contribution is -0.384. The van der Waals surface area contributed by atoms with Crippen molar-refractivity contribution >= 4 is 23.0 Å². The fourth-order valence-corrected chi connectivity index (χ4v) is 2.88. The number of carbonyl (C=O) groups excluding carboxylic acids is 1. The van der Waals surface area contributed by atoms with E-state index >= 15 is 0 Å². The number of nitrogens with zero attached hydrogens (tertiary/aromatic N) is 4. The van der Waals surface area contributed by atoms with Crippen molar-refractivity contribution in [2.45, 2.75) is 25.9 Å². The van der Waals surface area contributed by atoms with Gasteiger partial charge in [0.1, 0.15) is 5.69 Å².